The molecule has 1 aliphatic rings. The Balaban J connectivity index is 1.59. The molecule has 1 saturated carbocycles. The molecule has 1 aliphatic carbocycles. The standard InChI is InChI=1S/C31H48O5/c1-5-7-8-9-10-11-22-34-28-19-16-25(17-20-28)18-21-29(32)35-23-26-12-14-27(15-13-26)24-36-30(33)31(3,4)6-2/h16-21,26-27H,5-15,22-24H2,1-4H3/b21-18+/t26-,27-. The molecule has 0 unspecified atom stereocenters. The van der Waals surface area contributed by atoms with Gasteiger partial charge in [0, 0.05) is 6.08 Å². The van der Waals surface area contributed by atoms with Crippen LogP contribution in [0.2, 0.25) is 0 Å². The third kappa shape index (κ3) is 11.6. The third-order valence-corrected chi connectivity index (χ3v) is 7.37. The average Bonchev–Trinajstić information content (AvgIpc) is 2.90. The lowest BCUT2D eigenvalue weighted by Crippen LogP contribution is -2.29. The molecule has 0 aromatic heterocycles. The van der Waals surface area contributed by atoms with Crippen LogP contribution in [0.4, 0.5) is 0 Å². The van der Waals surface area contributed by atoms with Crippen molar-refractivity contribution in [2.24, 2.45) is 17.3 Å². The first-order valence-electron chi connectivity index (χ1n) is 14.1. The van der Waals surface area contributed by atoms with E-state index in [2.05, 4.69) is 6.92 Å². The molecule has 0 aliphatic heterocycles. The van der Waals surface area contributed by atoms with Gasteiger partial charge in [-0.05, 0) is 88.0 Å². The lowest BCUT2D eigenvalue weighted by molar-refractivity contribution is -0.156. The van der Waals surface area contributed by atoms with Gasteiger partial charge in [-0.3, -0.25) is 4.79 Å². The first-order chi connectivity index (χ1) is 17.3. The lowest BCUT2D eigenvalue weighted by Gasteiger charge is -2.29. The van der Waals surface area contributed by atoms with Crippen molar-refractivity contribution < 1.29 is 23.8 Å². The van der Waals surface area contributed by atoms with Crippen LogP contribution in [0.1, 0.15) is 104 Å². The molecular weight excluding hydrogens is 452 g/mol. The van der Waals surface area contributed by atoms with E-state index in [0.717, 1.165) is 56.4 Å². The van der Waals surface area contributed by atoms with Crippen molar-refractivity contribution in [3.05, 3.63) is 35.9 Å². The van der Waals surface area contributed by atoms with Gasteiger partial charge in [-0.2, -0.15) is 0 Å². The Kier molecular flexibility index (Phi) is 13.7. The molecule has 0 heterocycles. The lowest BCUT2D eigenvalue weighted by atomic mass is 9.83. The fraction of sp³-hybridized carbons (Fsp3) is 0.677. The third-order valence-electron chi connectivity index (χ3n) is 7.37. The molecule has 0 bridgehead atoms. The summed E-state index contributed by atoms with van der Waals surface area (Å²) in [5.74, 6) is 1.23. The summed E-state index contributed by atoms with van der Waals surface area (Å²) in [5, 5.41) is 0. The number of carbonyl (C=O) groups is 2. The minimum Gasteiger partial charge on any atom is -0.494 e. The average molecular weight is 501 g/mol. The molecule has 5 nitrogen and oxygen atoms in total. The fourth-order valence-corrected chi connectivity index (χ4v) is 4.26. The van der Waals surface area contributed by atoms with E-state index in [1.807, 2.05) is 45.0 Å². The number of benzene rings is 1. The highest BCUT2D eigenvalue weighted by Gasteiger charge is 2.29. The molecule has 1 aromatic carbocycles. The number of unbranched alkanes of at least 4 members (excludes halogenated alkanes) is 5. The molecule has 0 atom stereocenters. The predicted octanol–water partition coefficient (Wildman–Crippen LogP) is 7.77. The van der Waals surface area contributed by atoms with Crippen LogP contribution in [0.15, 0.2) is 30.3 Å². The van der Waals surface area contributed by atoms with E-state index in [9.17, 15) is 9.59 Å². The smallest absolute Gasteiger partial charge is 0.330 e. The minimum absolute atomic E-state index is 0.108. The number of hydrogen-bond acceptors (Lipinski definition) is 5. The number of rotatable bonds is 16. The summed E-state index contributed by atoms with van der Waals surface area (Å²) in [7, 11) is 0. The molecule has 0 radical (unpaired) electrons. The van der Waals surface area contributed by atoms with Crippen LogP contribution in [-0.4, -0.2) is 31.8 Å². The molecular formula is C31H48O5. The van der Waals surface area contributed by atoms with E-state index in [-0.39, 0.29) is 11.9 Å². The Labute approximate surface area is 219 Å². The van der Waals surface area contributed by atoms with Crippen LogP contribution in [0, 0.1) is 17.3 Å². The van der Waals surface area contributed by atoms with Gasteiger partial charge >= 0.3 is 11.9 Å². The van der Waals surface area contributed by atoms with Crippen LogP contribution in [-0.2, 0) is 19.1 Å². The van der Waals surface area contributed by atoms with E-state index >= 15 is 0 Å². The van der Waals surface area contributed by atoms with Crippen LogP contribution in [0.3, 0.4) is 0 Å². The summed E-state index contributed by atoms with van der Waals surface area (Å²) in [6.07, 6.45) is 15.6. The quantitative estimate of drug-likeness (QED) is 0.132. The minimum atomic E-state index is -0.415. The van der Waals surface area contributed by atoms with Gasteiger partial charge in [0.2, 0.25) is 0 Å². The van der Waals surface area contributed by atoms with Gasteiger partial charge < -0.3 is 14.2 Å². The summed E-state index contributed by atoms with van der Waals surface area (Å²) < 4.78 is 16.8. The first-order valence-corrected chi connectivity index (χ1v) is 14.1. The van der Waals surface area contributed by atoms with Gasteiger partial charge in [-0.15, -0.1) is 0 Å². The highest BCUT2D eigenvalue weighted by Crippen LogP contribution is 2.30. The second-order valence-corrected chi connectivity index (χ2v) is 10.9. The van der Waals surface area contributed by atoms with Crippen LogP contribution in [0.25, 0.3) is 6.08 Å². The highest BCUT2D eigenvalue weighted by atomic mass is 16.5. The summed E-state index contributed by atoms with van der Waals surface area (Å²) in [6.45, 7) is 9.79. The van der Waals surface area contributed by atoms with E-state index < -0.39 is 5.41 Å². The highest BCUT2D eigenvalue weighted by molar-refractivity contribution is 5.87. The van der Waals surface area contributed by atoms with Crippen molar-refractivity contribution in [2.75, 3.05) is 19.8 Å². The van der Waals surface area contributed by atoms with Crippen molar-refractivity contribution in [3.63, 3.8) is 0 Å². The molecule has 36 heavy (non-hydrogen) atoms. The number of hydrogen-bond donors (Lipinski definition) is 0. The number of ether oxygens (including phenoxy) is 3. The van der Waals surface area contributed by atoms with Crippen LogP contribution < -0.4 is 4.74 Å². The van der Waals surface area contributed by atoms with Crippen LogP contribution in [0.5, 0.6) is 5.75 Å². The SMILES string of the molecule is CCCCCCCCOc1ccc(/C=C/C(=O)OC[C@H]2CC[C@H](COC(=O)C(C)(C)CC)CC2)cc1. The topological polar surface area (TPSA) is 61.8 Å². The zero-order valence-electron chi connectivity index (χ0n) is 23.1. The van der Waals surface area contributed by atoms with Crippen molar-refractivity contribution in [2.45, 2.75) is 98.3 Å². The Morgan fingerprint density at radius 3 is 2.06 bits per heavy atom. The van der Waals surface area contributed by atoms with Gasteiger partial charge in [0.25, 0.3) is 0 Å². The van der Waals surface area contributed by atoms with Gasteiger partial charge in [0.05, 0.1) is 25.2 Å². The maximum atomic E-state index is 12.2. The van der Waals surface area contributed by atoms with E-state index in [1.54, 1.807) is 6.08 Å². The zero-order valence-corrected chi connectivity index (χ0v) is 23.1. The summed E-state index contributed by atoms with van der Waals surface area (Å²) in [4.78, 5) is 24.3. The summed E-state index contributed by atoms with van der Waals surface area (Å²) in [5.41, 5.74) is 0.530. The first kappa shape index (κ1) is 29.9. The Hall–Kier alpha value is -2.30. The molecule has 0 saturated heterocycles. The molecule has 1 aromatic rings. The summed E-state index contributed by atoms with van der Waals surface area (Å²) >= 11 is 0. The van der Waals surface area contributed by atoms with Crippen molar-refractivity contribution >= 4 is 18.0 Å². The van der Waals surface area contributed by atoms with E-state index in [4.69, 9.17) is 14.2 Å². The van der Waals surface area contributed by atoms with Gasteiger partial charge in [-0.25, -0.2) is 4.79 Å². The number of esters is 2. The second-order valence-electron chi connectivity index (χ2n) is 10.9. The molecule has 0 N–H and O–H groups in total. The Morgan fingerprint density at radius 2 is 1.44 bits per heavy atom. The van der Waals surface area contributed by atoms with Crippen LogP contribution >= 0.6 is 0 Å². The predicted molar refractivity (Wildman–Crippen MR) is 146 cm³/mol. The monoisotopic (exact) mass is 500 g/mol. The molecule has 202 valence electrons. The Bertz CT molecular complexity index is 788. The molecule has 5 heteroatoms. The van der Waals surface area contributed by atoms with Gasteiger partial charge in [-0.1, -0.05) is 58.1 Å². The van der Waals surface area contributed by atoms with Gasteiger partial charge in [0.1, 0.15) is 5.75 Å². The fourth-order valence-electron chi connectivity index (χ4n) is 4.26. The number of carbonyl (C=O) groups excluding carboxylic acids is 2. The largest absolute Gasteiger partial charge is 0.494 e. The van der Waals surface area contributed by atoms with Gasteiger partial charge in [0.15, 0.2) is 0 Å². The molecule has 0 spiro atoms. The van der Waals surface area contributed by atoms with Crippen molar-refractivity contribution in [1.82, 2.24) is 0 Å². The molecule has 1 fully saturated rings. The van der Waals surface area contributed by atoms with E-state index in [0.29, 0.717) is 25.0 Å². The summed E-state index contributed by atoms with van der Waals surface area (Å²) in [6, 6.07) is 7.80. The maximum Gasteiger partial charge on any atom is 0.330 e. The Morgan fingerprint density at radius 1 is 0.861 bits per heavy atom. The molecule has 0 amide bonds. The normalized spacial score (nSPS) is 18.2. The molecule has 2 rings (SSSR count). The maximum absolute atomic E-state index is 12.2. The van der Waals surface area contributed by atoms with Crippen molar-refractivity contribution in [1.29, 1.82) is 0 Å². The van der Waals surface area contributed by atoms with Crippen molar-refractivity contribution in [3.8, 4) is 5.75 Å². The zero-order chi connectivity index (χ0) is 26.2. The van der Waals surface area contributed by atoms with E-state index in [1.165, 1.54) is 38.2 Å². The second kappa shape index (κ2) is 16.4.